The van der Waals surface area contributed by atoms with E-state index in [-0.39, 0.29) is 11.9 Å². The van der Waals surface area contributed by atoms with Crippen LogP contribution in [0.2, 0.25) is 0 Å². The van der Waals surface area contributed by atoms with Crippen molar-refractivity contribution in [2.75, 3.05) is 11.9 Å². The molecule has 5 rings (SSSR count). The van der Waals surface area contributed by atoms with Gasteiger partial charge in [-0.05, 0) is 56.9 Å². The molecule has 3 aromatic heterocycles. The fourth-order valence-electron chi connectivity index (χ4n) is 4.21. The number of amides is 1. The van der Waals surface area contributed by atoms with Gasteiger partial charge in [-0.15, -0.1) is 10.2 Å². The monoisotopic (exact) mass is 433 g/mol. The largest absolute Gasteiger partial charge is 0.450 e. The Morgan fingerprint density at radius 1 is 1.19 bits per heavy atom. The van der Waals surface area contributed by atoms with Gasteiger partial charge in [0.15, 0.2) is 5.76 Å². The summed E-state index contributed by atoms with van der Waals surface area (Å²) in [5.41, 5.74) is 6.47. The summed E-state index contributed by atoms with van der Waals surface area (Å²) in [5, 5.41) is 12.7. The quantitative estimate of drug-likeness (QED) is 0.469. The lowest BCUT2D eigenvalue weighted by Gasteiger charge is -2.24. The summed E-state index contributed by atoms with van der Waals surface area (Å²) >= 11 is 1.41. The van der Waals surface area contributed by atoms with Crippen molar-refractivity contribution in [3.05, 3.63) is 64.0 Å². The molecule has 158 valence electrons. The van der Waals surface area contributed by atoms with Gasteiger partial charge in [0.05, 0.1) is 11.7 Å². The van der Waals surface area contributed by atoms with Gasteiger partial charge in [-0.25, -0.2) is 4.98 Å². The van der Waals surface area contributed by atoms with Crippen LogP contribution < -0.4 is 5.32 Å². The number of hydrogen-bond acceptors (Lipinski definition) is 7. The molecule has 31 heavy (non-hydrogen) atoms. The van der Waals surface area contributed by atoms with E-state index in [4.69, 9.17) is 9.40 Å². The Labute approximate surface area is 184 Å². The van der Waals surface area contributed by atoms with E-state index in [0.29, 0.717) is 23.3 Å². The van der Waals surface area contributed by atoms with Gasteiger partial charge < -0.3 is 14.6 Å². The molecule has 1 amide bonds. The maximum absolute atomic E-state index is 13.5. The van der Waals surface area contributed by atoms with Gasteiger partial charge in [0.25, 0.3) is 5.91 Å². The highest BCUT2D eigenvalue weighted by Gasteiger charge is 2.34. The fourth-order valence-corrected chi connectivity index (χ4v) is 4.67. The number of carbonyl (C=O) groups is 1. The summed E-state index contributed by atoms with van der Waals surface area (Å²) < 4.78 is 6.12. The van der Waals surface area contributed by atoms with E-state index in [1.54, 1.807) is 5.51 Å². The van der Waals surface area contributed by atoms with Crippen molar-refractivity contribution in [1.82, 2.24) is 20.1 Å². The Bertz CT molecular complexity index is 1260. The molecular weight excluding hydrogens is 410 g/mol. The number of nitrogens with zero attached hydrogens (tertiary/aromatic N) is 4. The second-order valence-electron chi connectivity index (χ2n) is 7.91. The highest BCUT2D eigenvalue weighted by molar-refractivity contribution is 7.13. The van der Waals surface area contributed by atoms with Crippen LogP contribution in [0.3, 0.4) is 0 Å². The van der Waals surface area contributed by atoms with Crippen molar-refractivity contribution in [1.29, 1.82) is 0 Å². The molecule has 1 saturated heterocycles. The normalized spacial score (nSPS) is 16.2. The first kappa shape index (κ1) is 19.7. The summed E-state index contributed by atoms with van der Waals surface area (Å²) in [5.74, 6) is 1.05. The Hall–Kier alpha value is -3.26. The number of rotatable bonds is 4. The Balaban J connectivity index is 1.46. The van der Waals surface area contributed by atoms with Crippen molar-refractivity contribution in [3.63, 3.8) is 0 Å². The lowest BCUT2D eigenvalue weighted by Crippen LogP contribution is -2.31. The van der Waals surface area contributed by atoms with Crippen LogP contribution in [-0.4, -0.2) is 32.5 Å². The molecule has 1 N–H and O–H groups in total. The van der Waals surface area contributed by atoms with Gasteiger partial charge in [0, 0.05) is 17.5 Å². The first-order chi connectivity index (χ1) is 15.0. The molecule has 1 aromatic carbocycles. The standard InChI is InChI=1S/C23H23N5O2S/c1-13-9-10-16-15(3)21(30-20(16)14(13)2)22(29)28-11-5-7-18(28)17-6-4-8-19(25-17)26-23-27-24-12-31-23/h4,6,8-10,12,18H,5,7,11H2,1-3H3,(H,25,26,27)/t18-/m0/s1. The van der Waals surface area contributed by atoms with E-state index in [2.05, 4.69) is 28.5 Å². The van der Waals surface area contributed by atoms with Gasteiger partial charge in [0.1, 0.15) is 16.9 Å². The summed E-state index contributed by atoms with van der Waals surface area (Å²) in [4.78, 5) is 20.2. The zero-order valence-electron chi connectivity index (χ0n) is 17.7. The van der Waals surface area contributed by atoms with Crippen LogP contribution in [0.1, 0.15) is 51.8 Å². The average Bonchev–Trinajstić information content (AvgIpc) is 3.51. The molecule has 0 unspecified atom stereocenters. The van der Waals surface area contributed by atoms with Crippen molar-refractivity contribution in [2.24, 2.45) is 0 Å². The molecule has 0 radical (unpaired) electrons. The Morgan fingerprint density at radius 2 is 2.06 bits per heavy atom. The SMILES string of the molecule is Cc1ccc2c(C)c(C(=O)N3CCC[C@H]3c3cccc(Nc4nncs4)n3)oc2c1C. The number of anilines is 2. The number of aromatic nitrogens is 3. The van der Waals surface area contributed by atoms with Crippen LogP contribution >= 0.6 is 11.3 Å². The second kappa shape index (κ2) is 7.77. The number of fused-ring (bicyclic) bond motifs is 1. The third kappa shape index (κ3) is 3.46. The third-order valence-electron chi connectivity index (χ3n) is 6.04. The molecule has 0 saturated carbocycles. The highest BCUT2D eigenvalue weighted by Crippen LogP contribution is 2.36. The molecule has 1 atom stereocenters. The molecule has 4 aromatic rings. The van der Waals surface area contributed by atoms with Crippen LogP contribution in [-0.2, 0) is 0 Å². The molecule has 0 bridgehead atoms. The number of hydrogen-bond donors (Lipinski definition) is 1. The maximum Gasteiger partial charge on any atom is 0.290 e. The van der Waals surface area contributed by atoms with E-state index in [9.17, 15) is 4.79 Å². The predicted molar refractivity (Wildman–Crippen MR) is 121 cm³/mol. The minimum atomic E-state index is -0.0842. The van der Waals surface area contributed by atoms with Crippen molar-refractivity contribution in [2.45, 2.75) is 39.7 Å². The van der Waals surface area contributed by atoms with E-state index < -0.39 is 0 Å². The van der Waals surface area contributed by atoms with E-state index in [1.165, 1.54) is 11.3 Å². The predicted octanol–water partition coefficient (Wildman–Crippen LogP) is 5.33. The number of carbonyl (C=O) groups excluding carboxylic acids is 1. The maximum atomic E-state index is 13.5. The summed E-state index contributed by atoms with van der Waals surface area (Å²) in [6.45, 7) is 6.74. The zero-order valence-corrected chi connectivity index (χ0v) is 18.5. The first-order valence-corrected chi connectivity index (χ1v) is 11.2. The summed E-state index contributed by atoms with van der Waals surface area (Å²) in [6, 6.07) is 9.85. The third-order valence-corrected chi connectivity index (χ3v) is 6.65. The van der Waals surface area contributed by atoms with Crippen LogP contribution in [0.4, 0.5) is 10.9 Å². The van der Waals surface area contributed by atoms with Gasteiger partial charge in [-0.3, -0.25) is 4.79 Å². The van der Waals surface area contributed by atoms with Gasteiger partial charge in [-0.1, -0.05) is 29.5 Å². The number of furan rings is 1. The number of benzene rings is 1. The zero-order chi connectivity index (χ0) is 21.5. The van der Waals surface area contributed by atoms with Gasteiger partial charge in [-0.2, -0.15) is 0 Å². The van der Waals surface area contributed by atoms with Crippen molar-refractivity contribution >= 4 is 39.2 Å². The van der Waals surface area contributed by atoms with E-state index in [1.807, 2.05) is 43.0 Å². The number of pyridine rings is 1. The Morgan fingerprint density at radius 3 is 2.87 bits per heavy atom. The number of nitrogens with one attached hydrogen (secondary N) is 1. The van der Waals surface area contributed by atoms with Crippen molar-refractivity contribution in [3.8, 4) is 0 Å². The summed E-state index contributed by atoms with van der Waals surface area (Å²) in [7, 11) is 0. The first-order valence-electron chi connectivity index (χ1n) is 10.3. The second-order valence-corrected chi connectivity index (χ2v) is 8.75. The molecule has 7 nitrogen and oxygen atoms in total. The van der Waals surface area contributed by atoms with E-state index in [0.717, 1.165) is 46.2 Å². The van der Waals surface area contributed by atoms with Crippen molar-refractivity contribution < 1.29 is 9.21 Å². The Kier molecular flexibility index (Phi) is 4.94. The topological polar surface area (TPSA) is 84.2 Å². The number of aryl methyl sites for hydroxylation is 3. The molecule has 1 aliphatic heterocycles. The fraction of sp³-hybridized carbons (Fsp3) is 0.304. The van der Waals surface area contributed by atoms with E-state index >= 15 is 0 Å². The minimum absolute atomic E-state index is 0.0717. The molecular formula is C23H23N5O2S. The highest BCUT2D eigenvalue weighted by atomic mass is 32.1. The molecule has 1 fully saturated rings. The van der Waals surface area contributed by atoms with Crippen LogP contribution in [0, 0.1) is 20.8 Å². The minimum Gasteiger partial charge on any atom is -0.450 e. The molecule has 8 heteroatoms. The summed E-state index contributed by atoms with van der Waals surface area (Å²) in [6.07, 6.45) is 1.81. The van der Waals surface area contributed by atoms with Crippen LogP contribution in [0.5, 0.6) is 0 Å². The number of likely N-dealkylation sites (tertiary alicyclic amines) is 1. The van der Waals surface area contributed by atoms with Crippen LogP contribution in [0.15, 0.2) is 40.3 Å². The molecule has 1 aliphatic rings. The smallest absolute Gasteiger partial charge is 0.290 e. The molecule has 4 heterocycles. The lowest BCUT2D eigenvalue weighted by atomic mass is 10.0. The lowest BCUT2D eigenvalue weighted by molar-refractivity contribution is 0.0702. The van der Waals surface area contributed by atoms with Gasteiger partial charge >= 0.3 is 0 Å². The molecule has 0 spiro atoms. The molecule has 0 aliphatic carbocycles. The van der Waals surface area contributed by atoms with Crippen LogP contribution in [0.25, 0.3) is 11.0 Å². The average molecular weight is 434 g/mol. The van der Waals surface area contributed by atoms with Gasteiger partial charge in [0.2, 0.25) is 5.13 Å².